The van der Waals surface area contributed by atoms with Crippen molar-refractivity contribution < 1.29 is 9.32 Å². The summed E-state index contributed by atoms with van der Waals surface area (Å²) in [5.41, 5.74) is 1.45. The van der Waals surface area contributed by atoms with Crippen molar-refractivity contribution in [1.82, 2.24) is 20.3 Å². The van der Waals surface area contributed by atoms with Crippen LogP contribution >= 0.6 is 0 Å². The van der Waals surface area contributed by atoms with E-state index in [1.54, 1.807) is 12.3 Å². The fourth-order valence-corrected chi connectivity index (χ4v) is 2.77. The molecule has 6 nitrogen and oxygen atoms in total. The lowest BCUT2D eigenvalue weighted by molar-refractivity contribution is 0.0601. The van der Waals surface area contributed by atoms with Gasteiger partial charge in [-0.15, -0.1) is 0 Å². The highest BCUT2D eigenvalue weighted by Gasteiger charge is 2.31. The minimum Gasteiger partial charge on any atom is -0.360 e. The molecular weight excluding hydrogens is 268 g/mol. The minimum absolute atomic E-state index is 0.0587. The molecule has 0 aliphatic carbocycles. The van der Waals surface area contributed by atoms with Crippen molar-refractivity contribution in [3.63, 3.8) is 0 Å². The van der Waals surface area contributed by atoms with Crippen LogP contribution in [0.4, 0.5) is 0 Å². The zero-order valence-corrected chi connectivity index (χ0v) is 12.4. The first-order chi connectivity index (χ1) is 10.2. The lowest BCUT2D eigenvalue weighted by Crippen LogP contribution is -2.38. The van der Waals surface area contributed by atoms with Crippen molar-refractivity contribution in [1.29, 1.82) is 0 Å². The minimum atomic E-state index is -0.0587. The van der Waals surface area contributed by atoms with Crippen LogP contribution in [0.3, 0.4) is 0 Å². The van der Waals surface area contributed by atoms with Crippen LogP contribution in [-0.4, -0.2) is 32.7 Å². The first kappa shape index (κ1) is 13.9. The summed E-state index contributed by atoms with van der Waals surface area (Å²) in [5.74, 6) is 0.914. The molecule has 1 aliphatic heterocycles. The van der Waals surface area contributed by atoms with Gasteiger partial charge in [-0.25, -0.2) is 0 Å². The molecule has 1 fully saturated rings. The molecule has 3 rings (SSSR count). The average molecular weight is 288 g/mol. The summed E-state index contributed by atoms with van der Waals surface area (Å²) in [6.07, 6.45) is 6.75. The van der Waals surface area contributed by atoms with Gasteiger partial charge in [-0.3, -0.25) is 9.89 Å². The van der Waals surface area contributed by atoms with E-state index >= 15 is 0 Å². The highest BCUT2D eigenvalue weighted by molar-refractivity contribution is 5.92. The topological polar surface area (TPSA) is 75.0 Å². The molecule has 0 radical (unpaired) electrons. The van der Waals surface area contributed by atoms with E-state index in [1.807, 2.05) is 24.9 Å². The Hall–Kier alpha value is -2.11. The number of hydrogen-bond donors (Lipinski definition) is 1. The Bertz CT molecular complexity index is 603. The number of piperidine rings is 1. The number of rotatable bonds is 3. The van der Waals surface area contributed by atoms with Crippen LogP contribution in [0.25, 0.3) is 0 Å². The molecule has 1 amide bonds. The highest BCUT2D eigenvalue weighted by atomic mass is 16.5. The molecule has 1 N–H and O–H groups in total. The monoisotopic (exact) mass is 288 g/mol. The summed E-state index contributed by atoms with van der Waals surface area (Å²) in [6, 6.07) is 1.83. The normalized spacial score (nSPS) is 19.2. The number of nitrogens with one attached hydrogen (secondary N) is 1. The maximum atomic E-state index is 12.7. The van der Waals surface area contributed by atoms with Crippen molar-refractivity contribution >= 4 is 5.91 Å². The third-order valence-corrected chi connectivity index (χ3v) is 3.98. The molecule has 0 unspecified atom stereocenters. The summed E-state index contributed by atoms with van der Waals surface area (Å²) in [7, 11) is 0. The van der Waals surface area contributed by atoms with Crippen LogP contribution in [0.15, 0.2) is 23.0 Å². The average Bonchev–Trinajstić information content (AvgIpc) is 3.18. The maximum absolute atomic E-state index is 12.7. The van der Waals surface area contributed by atoms with Crippen LogP contribution in [-0.2, 0) is 0 Å². The quantitative estimate of drug-likeness (QED) is 0.942. The van der Waals surface area contributed by atoms with E-state index in [2.05, 4.69) is 15.4 Å². The van der Waals surface area contributed by atoms with E-state index in [0.717, 1.165) is 37.1 Å². The van der Waals surface area contributed by atoms with Gasteiger partial charge >= 0.3 is 0 Å². The molecule has 0 spiro atoms. The van der Waals surface area contributed by atoms with Gasteiger partial charge in [0.15, 0.2) is 5.69 Å². The van der Waals surface area contributed by atoms with Crippen LogP contribution < -0.4 is 0 Å². The van der Waals surface area contributed by atoms with Gasteiger partial charge in [0.2, 0.25) is 0 Å². The van der Waals surface area contributed by atoms with E-state index in [0.29, 0.717) is 5.69 Å². The Kier molecular flexibility index (Phi) is 3.77. The van der Waals surface area contributed by atoms with Crippen LogP contribution in [0.2, 0.25) is 0 Å². The predicted octanol–water partition coefficient (Wildman–Crippen LogP) is 2.89. The number of likely N-dealkylation sites (tertiary alicyclic amines) is 1. The Morgan fingerprint density at radius 1 is 1.48 bits per heavy atom. The molecule has 6 heteroatoms. The van der Waals surface area contributed by atoms with E-state index < -0.39 is 0 Å². The van der Waals surface area contributed by atoms with Crippen molar-refractivity contribution in [2.24, 2.45) is 0 Å². The third kappa shape index (κ3) is 2.70. The van der Waals surface area contributed by atoms with Gasteiger partial charge in [0.25, 0.3) is 5.91 Å². The summed E-state index contributed by atoms with van der Waals surface area (Å²) in [4.78, 5) is 14.6. The molecule has 1 saturated heterocycles. The number of carbonyl (C=O) groups is 1. The van der Waals surface area contributed by atoms with Crippen LogP contribution in [0, 0.1) is 0 Å². The number of amides is 1. The molecule has 112 valence electrons. The van der Waals surface area contributed by atoms with E-state index in [9.17, 15) is 4.79 Å². The number of aromatic amines is 1. The van der Waals surface area contributed by atoms with Gasteiger partial charge in [0.05, 0.1) is 12.2 Å². The van der Waals surface area contributed by atoms with E-state index in [-0.39, 0.29) is 17.9 Å². The highest BCUT2D eigenvalue weighted by Crippen LogP contribution is 2.31. The van der Waals surface area contributed by atoms with Gasteiger partial charge in [-0.2, -0.15) is 5.10 Å². The SMILES string of the molecule is CC(C)c1cc(C(=O)N2CCCC[C@@H]2c2cn[nH]c2)no1. The first-order valence-electron chi connectivity index (χ1n) is 7.43. The number of carbonyl (C=O) groups excluding carboxylic acids is 1. The molecule has 21 heavy (non-hydrogen) atoms. The van der Waals surface area contributed by atoms with Crippen molar-refractivity contribution in [3.8, 4) is 0 Å². The molecular formula is C15H20N4O2. The second-order valence-corrected chi connectivity index (χ2v) is 5.81. The molecule has 0 saturated carbocycles. The second kappa shape index (κ2) is 5.71. The fraction of sp³-hybridized carbons (Fsp3) is 0.533. The van der Waals surface area contributed by atoms with E-state index in [4.69, 9.17) is 4.52 Å². The molecule has 3 heterocycles. The Morgan fingerprint density at radius 3 is 3.00 bits per heavy atom. The zero-order chi connectivity index (χ0) is 14.8. The number of aromatic nitrogens is 3. The Balaban J connectivity index is 1.83. The third-order valence-electron chi connectivity index (χ3n) is 3.98. The molecule has 1 aliphatic rings. The summed E-state index contributed by atoms with van der Waals surface area (Å²) < 4.78 is 5.25. The van der Waals surface area contributed by atoms with Gasteiger partial charge in [0.1, 0.15) is 5.76 Å². The van der Waals surface area contributed by atoms with Gasteiger partial charge in [0, 0.05) is 30.3 Å². The van der Waals surface area contributed by atoms with Gasteiger partial charge in [-0.05, 0) is 19.3 Å². The van der Waals surface area contributed by atoms with Crippen LogP contribution in [0.5, 0.6) is 0 Å². The summed E-state index contributed by atoms with van der Waals surface area (Å²) >= 11 is 0. The Labute approximate surface area is 123 Å². The lowest BCUT2D eigenvalue weighted by Gasteiger charge is -2.34. The van der Waals surface area contributed by atoms with E-state index in [1.165, 1.54) is 0 Å². The molecule has 2 aromatic rings. The molecule has 2 aromatic heterocycles. The van der Waals surface area contributed by atoms with Crippen LogP contribution in [0.1, 0.15) is 66.9 Å². The summed E-state index contributed by atoms with van der Waals surface area (Å²) in [5, 5.41) is 10.8. The van der Waals surface area contributed by atoms with Crippen molar-refractivity contribution in [2.75, 3.05) is 6.54 Å². The predicted molar refractivity (Wildman–Crippen MR) is 76.8 cm³/mol. The molecule has 1 atom stereocenters. The lowest BCUT2D eigenvalue weighted by atomic mass is 9.97. The molecule has 0 aromatic carbocycles. The fourth-order valence-electron chi connectivity index (χ4n) is 2.77. The van der Waals surface area contributed by atoms with Gasteiger partial charge < -0.3 is 9.42 Å². The standard InChI is InChI=1S/C15H20N4O2/c1-10(2)14-7-12(18-21-14)15(20)19-6-4-3-5-13(19)11-8-16-17-9-11/h7-10,13H,3-6H2,1-2H3,(H,16,17)/t13-/m1/s1. The number of H-pyrrole nitrogens is 1. The van der Waals surface area contributed by atoms with Gasteiger partial charge in [-0.1, -0.05) is 19.0 Å². The van der Waals surface area contributed by atoms with Crippen molar-refractivity contribution in [3.05, 3.63) is 35.5 Å². The summed E-state index contributed by atoms with van der Waals surface area (Å²) in [6.45, 7) is 4.78. The molecule has 0 bridgehead atoms. The Morgan fingerprint density at radius 2 is 2.33 bits per heavy atom. The van der Waals surface area contributed by atoms with Crippen molar-refractivity contribution in [2.45, 2.75) is 45.1 Å². The zero-order valence-electron chi connectivity index (χ0n) is 12.4. The smallest absolute Gasteiger partial charge is 0.276 e. The largest absolute Gasteiger partial charge is 0.360 e. The maximum Gasteiger partial charge on any atom is 0.276 e. The number of nitrogens with zero attached hydrogens (tertiary/aromatic N) is 3. The number of hydrogen-bond acceptors (Lipinski definition) is 4. The second-order valence-electron chi connectivity index (χ2n) is 5.81. The first-order valence-corrected chi connectivity index (χ1v) is 7.43.